The molecular formula is C21H22N6. The van der Waals surface area contributed by atoms with Crippen LogP contribution < -0.4 is 4.90 Å². The Morgan fingerprint density at radius 2 is 1.89 bits per heavy atom. The molecule has 0 saturated carbocycles. The summed E-state index contributed by atoms with van der Waals surface area (Å²) in [5, 5.41) is 10.9. The molecule has 0 saturated heterocycles. The van der Waals surface area contributed by atoms with E-state index < -0.39 is 0 Å². The van der Waals surface area contributed by atoms with Crippen molar-refractivity contribution in [1.82, 2.24) is 24.7 Å². The van der Waals surface area contributed by atoms with Crippen molar-refractivity contribution in [2.75, 3.05) is 4.90 Å². The second-order valence-corrected chi connectivity index (χ2v) is 6.88. The van der Waals surface area contributed by atoms with Gasteiger partial charge < -0.3 is 9.47 Å². The summed E-state index contributed by atoms with van der Waals surface area (Å²) in [6.07, 6.45) is 5.46. The van der Waals surface area contributed by atoms with Crippen LogP contribution in [0, 0.1) is 0 Å². The van der Waals surface area contributed by atoms with Crippen LogP contribution in [0.3, 0.4) is 0 Å². The lowest BCUT2D eigenvalue weighted by Crippen LogP contribution is -2.33. The van der Waals surface area contributed by atoms with Crippen LogP contribution in [0.25, 0.3) is 22.0 Å². The predicted octanol–water partition coefficient (Wildman–Crippen LogP) is 3.84. The summed E-state index contributed by atoms with van der Waals surface area (Å²) in [6, 6.07) is 14.9. The fourth-order valence-electron chi connectivity index (χ4n) is 3.09. The van der Waals surface area contributed by atoms with Gasteiger partial charge >= 0.3 is 0 Å². The third-order valence-corrected chi connectivity index (χ3v) is 4.71. The zero-order valence-corrected chi connectivity index (χ0v) is 15.7. The number of fused-ring (bicyclic) bond motifs is 1. The normalized spacial score (nSPS) is 11.3. The SMILES string of the molecule is CC(C)N(Cc1nccn1C)c1nncc(-c2ccc3ccccc3c2)n1. The van der Waals surface area contributed by atoms with E-state index >= 15 is 0 Å². The van der Waals surface area contributed by atoms with Gasteiger partial charge in [0.25, 0.3) is 0 Å². The number of anilines is 1. The van der Waals surface area contributed by atoms with Crippen molar-refractivity contribution in [1.29, 1.82) is 0 Å². The van der Waals surface area contributed by atoms with Gasteiger partial charge in [-0.3, -0.25) is 0 Å². The third-order valence-electron chi connectivity index (χ3n) is 4.71. The van der Waals surface area contributed by atoms with Gasteiger partial charge in [0.05, 0.1) is 18.4 Å². The Morgan fingerprint density at radius 1 is 1.07 bits per heavy atom. The molecule has 0 atom stereocenters. The Morgan fingerprint density at radius 3 is 2.63 bits per heavy atom. The molecule has 2 aromatic heterocycles. The van der Waals surface area contributed by atoms with E-state index in [0.717, 1.165) is 17.1 Å². The van der Waals surface area contributed by atoms with Crippen molar-refractivity contribution in [3.8, 4) is 11.3 Å². The van der Waals surface area contributed by atoms with Crippen LogP contribution in [0.4, 0.5) is 5.95 Å². The standard InChI is InChI=1S/C21H22N6/c1-15(2)27(14-20-22-10-11-26(20)3)21-24-19(13-23-25-21)18-9-8-16-6-4-5-7-17(16)12-18/h4-13,15H,14H2,1-3H3. The first-order valence-corrected chi connectivity index (χ1v) is 9.03. The fraction of sp³-hybridized carbons (Fsp3) is 0.238. The molecule has 27 heavy (non-hydrogen) atoms. The van der Waals surface area contributed by atoms with Crippen LogP contribution >= 0.6 is 0 Å². The smallest absolute Gasteiger partial charge is 0.246 e. The van der Waals surface area contributed by atoms with E-state index in [-0.39, 0.29) is 6.04 Å². The molecule has 2 aromatic carbocycles. The van der Waals surface area contributed by atoms with Gasteiger partial charge in [-0.2, -0.15) is 5.10 Å². The van der Waals surface area contributed by atoms with Gasteiger partial charge in [0, 0.05) is 31.0 Å². The highest BCUT2D eigenvalue weighted by molar-refractivity contribution is 5.86. The Balaban J connectivity index is 1.70. The largest absolute Gasteiger partial charge is 0.337 e. The molecule has 0 aliphatic heterocycles. The van der Waals surface area contributed by atoms with Gasteiger partial charge in [0.15, 0.2) is 0 Å². The number of hydrogen-bond donors (Lipinski definition) is 0. The molecule has 6 nitrogen and oxygen atoms in total. The number of aryl methyl sites for hydroxylation is 1. The van der Waals surface area contributed by atoms with Gasteiger partial charge in [-0.1, -0.05) is 36.4 Å². The van der Waals surface area contributed by atoms with Crippen molar-refractivity contribution in [2.45, 2.75) is 26.4 Å². The van der Waals surface area contributed by atoms with Gasteiger partial charge in [-0.25, -0.2) is 9.97 Å². The highest BCUT2D eigenvalue weighted by Crippen LogP contribution is 2.24. The molecule has 0 bridgehead atoms. The van der Waals surface area contributed by atoms with E-state index in [1.54, 1.807) is 12.4 Å². The highest BCUT2D eigenvalue weighted by Gasteiger charge is 2.17. The molecule has 0 unspecified atom stereocenters. The summed E-state index contributed by atoms with van der Waals surface area (Å²) in [7, 11) is 1.99. The molecule has 0 fully saturated rings. The summed E-state index contributed by atoms with van der Waals surface area (Å²) in [5.74, 6) is 1.57. The summed E-state index contributed by atoms with van der Waals surface area (Å²) in [4.78, 5) is 11.3. The van der Waals surface area contributed by atoms with Gasteiger partial charge in [0.2, 0.25) is 5.95 Å². The Bertz CT molecular complexity index is 1070. The lowest BCUT2D eigenvalue weighted by molar-refractivity contribution is 0.622. The van der Waals surface area contributed by atoms with Gasteiger partial charge in [-0.05, 0) is 30.7 Å². The van der Waals surface area contributed by atoms with Crippen LogP contribution in [0.1, 0.15) is 19.7 Å². The van der Waals surface area contributed by atoms with Crippen LogP contribution in [0.2, 0.25) is 0 Å². The zero-order chi connectivity index (χ0) is 18.8. The predicted molar refractivity (Wildman–Crippen MR) is 107 cm³/mol. The highest BCUT2D eigenvalue weighted by atomic mass is 15.3. The number of hydrogen-bond acceptors (Lipinski definition) is 5. The second kappa shape index (κ2) is 7.15. The summed E-state index contributed by atoms with van der Waals surface area (Å²) in [6.45, 7) is 4.87. The molecule has 0 N–H and O–H groups in total. The van der Waals surface area contributed by atoms with E-state index in [4.69, 9.17) is 4.98 Å². The first-order valence-electron chi connectivity index (χ1n) is 9.03. The minimum absolute atomic E-state index is 0.218. The molecule has 0 spiro atoms. The maximum Gasteiger partial charge on any atom is 0.246 e. The molecule has 136 valence electrons. The monoisotopic (exact) mass is 358 g/mol. The summed E-state index contributed by atoms with van der Waals surface area (Å²) >= 11 is 0. The van der Waals surface area contributed by atoms with Crippen molar-refractivity contribution in [3.63, 3.8) is 0 Å². The molecule has 0 radical (unpaired) electrons. The number of benzene rings is 2. The van der Waals surface area contributed by atoms with Crippen molar-refractivity contribution >= 4 is 16.7 Å². The molecule has 2 heterocycles. The molecule has 6 heteroatoms. The lowest BCUT2D eigenvalue weighted by Gasteiger charge is -2.26. The van der Waals surface area contributed by atoms with Crippen molar-refractivity contribution in [2.24, 2.45) is 7.05 Å². The van der Waals surface area contributed by atoms with Gasteiger partial charge in [-0.15, -0.1) is 5.10 Å². The topological polar surface area (TPSA) is 59.7 Å². The quantitative estimate of drug-likeness (QED) is 0.542. The van der Waals surface area contributed by atoms with Crippen LogP contribution in [0.15, 0.2) is 61.1 Å². The lowest BCUT2D eigenvalue weighted by atomic mass is 10.1. The van der Waals surface area contributed by atoms with E-state index in [2.05, 4.69) is 64.3 Å². The Kier molecular flexibility index (Phi) is 4.54. The number of aromatic nitrogens is 5. The molecule has 0 aliphatic rings. The maximum atomic E-state index is 4.80. The van der Waals surface area contributed by atoms with Crippen LogP contribution in [-0.2, 0) is 13.6 Å². The molecule has 0 amide bonds. The average Bonchev–Trinajstić information content (AvgIpc) is 3.10. The first kappa shape index (κ1) is 17.1. The molecule has 4 rings (SSSR count). The number of nitrogens with zero attached hydrogens (tertiary/aromatic N) is 6. The van der Waals surface area contributed by atoms with Gasteiger partial charge in [0.1, 0.15) is 5.82 Å². The minimum atomic E-state index is 0.218. The maximum absolute atomic E-state index is 4.80. The molecular weight excluding hydrogens is 336 g/mol. The number of imidazole rings is 1. The Labute approximate surface area is 158 Å². The average molecular weight is 358 g/mol. The summed E-state index contributed by atoms with van der Waals surface area (Å²) in [5.41, 5.74) is 1.85. The minimum Gasteiger partial charge on any atom is -0.337 e. The van der Waals surface area contributed by atoms with Crippen molar-refractivity contribution in [3.05, 3.63) is 66.9 Å². The summed E-state index contributed by atoms with van der Waals surface area (Å²) < 4.78 is 2.01. The number of rotatable bonds is 5. The molecule has 0 aliphatic carbocycles. The third kappa shape index (κ3) is 3.51. The van der Waals surface area contributed by atoms with E-state index in [9.17, 15) is 0 Å². The second-order valence-electron chi connectivity index (χ2n) is 6.88. The zero-order valence-electron chi connectivity index (χ0n) is 15.7. The van der Waals surface area contributed by atoms with E-state index in [1.807, 2.05) is 29.9 Å². The molecule has 4 aromatic rings. The van der Waals surface area contributed by atoms with E-state index in [1.165, 1.54) is 10.8 Å². The van der Waals surface area contributed by atoms with E-state index in [0.29, 0.717) is 12.5 Å². The fourth-order valence-corrected chi connectivity index (χ4v) is 3.09. The van der Waals surface area contributed by atoms with Crippen LogP contribution in [-0.4, -0.2) is 30.8 Å². The first-order chi connectivity index (χ1) is 13.1. The van der Waals surface area contributed by atoms with Crippen LogP contribution in [0.5, 0.6) is 0 Å². The Hall–Kier alpha value is -3.28. The van der Waals surface area contributed by atoms with Crippen molar-refractivity contribution < 1.29 is 0 Å².